The third kappa shape index (κ3) is 8.72. The zero-order valence-electron chi connectivity index (χ0n) is 16.6. The lowest BCUT2D eigenvalue weighted by Gasteiger charge is -2.25. The molecule has 0 saturated carbocycles. The molecule has 1 amide bonds. The van der Waals surface area contributed by atoms with Gasteiger partial charge in [0.1, 0.15) is 12.7 Å². The molecule has 0 radical (unpaired) electrons. The number of benzene rings is 1. The maximum Gasteiger partial charge on any atom is 0.417 e. The molecule has 0 fully saturated rings. The lowest BCUT2D eigenvalue weighted by Crippen LogP contribution is -2.44. The largest absolute Gasteiger partial charge is 0.493 e. The van der Waals surface area contributed by atoms with Gasteiger partial charge < -0.3 is 30.4 Å². The molecule has 0 heterocycles. The molecule has 156 valence electrons. The van der Waals surface area contributed by atoms with Crippen molar-refractivity contribution in [2.24, 2.45) is 5.73 Å². The molecule has 1 unspecified atom stereocenters. The number of carboxylic acid groups (broad SMARTS) is 1. The van der Waals surface area contributed by atoms with Crippen molar-refractivity contribution in [1.29, 1.82) is 0 Å². The van der Waals surface area contributed by atoms with Crippen molar-refractivity contribution in [1.82, 2.24) is 5.32 Å². The highest BCUT2D eigenvalue weighted by molar-refractivity contribution is 6.28. The maximum atomic E-state index is 11.4. The van der Waals surface area contributed by atoms with Crippen LogP contribution in [0.4, 0.5) is 0 Å². The summed E-state index contributed by atoms with van der Waals surface area (Å²) in [7, 11) is 1.48. The Morgan fingerprint density at radius 2 is 1.89 bits per heavy atom. The molecule has 0 aliphatic rings. The Morgan fingerprint density at radius 3 is 2.43 bits per heavy atom. The Kier molecular flexibility index (Phi) is 8.72. The fourth-order valence-electron chi connectivity index (χ4n) is 2.19. The lowest BCUT2D eigenvalue weighted by atomic mass is 10.1. The van der Waals surface area contributed by atoms with Crippen LogP contribution in [-0.4, -0.2) is 54.9 Å². The van der Waals surface area contributed by atoms with Crippen LogP contribution in [0, 0.1) is 0 Å². The van der Waals surface area contributed by atoms with Crippen LogP contribution in [0.25, 0.3) is 0 Å². The van der Waals surface area contributed by atoms with E-state index in [0.717, 1.165) is 5.56 Å². The number of methoxy groups -OCH3 is 1. The van der Waals surface area contributed by atoms with Crippen LogP contribution in [0.1, 0.15) is 32.8 Å². The minimum absolute atomic E-state index is 0.0703. The summed E-state index contributed by atoms with van der Waals surface area (Å²) in [6, 6.07) is 5.17. The van der Waals surface area contributed by atoms with Crippen molar-refractivity contribution in [3.8, 4) is 11.5 Å². The molecule has 0 aliphatic carbocycles. The van der Waals surface area contributed by atoms with Crippen molar-refractivity contribution < 1.29 is 33.7 Å². The van der Waals surface area contributed by atoms with Gasteiger partial charge in [-0.25, -0.2) is 9.59 Å². The van der Waals surface area contributed by atoms with E-state index < -0.39 is 23.9 Å². The van der Waals surface area contributed by atoms with Gasteiger partial charge in [0.05, 0.1) is 7.11 Å². The molecule has 9 nitrogen and oxygen atoms in total. The van der Waals surface area contributed by atoms with Gasteiger partial charge in [-0.05, 0) is 44.9 Å². The van der Waals surface area contributed by atoms with E-state index in [4.69, 9.17) is 25.1 Å². The van der Waals surface area contributed by atoms with E-state index in [-0.39, 0.29) is 25.1 Å². The van der Waals surface area contributed by atoms with E-state index in [1.165, 1.54) is 7.11 Å². The van der Waals surface area contributed by atoms with Crippen LogP contribution in [0.3, 0.4) is 0 Å². The van der Waals surface area contributed by atoms with Gasteiger partial charge in [-0.1, -0.05) is 6.07 Å². The summed E-state index contributed by atoms with van der Waals surface area (Å²) in [6.45, 7) is 5.92. The highest BCUT2D eigenvalue weighted by Gasteiger charge is 2.23. The normalized spacial score (nSPS) is 12.1. The number of hydrogen-bond acceptors (Lipinski definition) is 7. The number of carbonyl (C=O) groups is 3. The van der Waals surface area contributed by atoms with E-state index in [2.05, 4.69) is 5.32 Å². The minimum Gasteiger partial charge on any atom is -0.493 e. The Labute approximate surface area is 164 Å². The van der Waals surface area contributed by atoms with Crippen LogP contribution in [0.5, 0.6) is 11.5 Å². The second-order valence-electron chi connectivity index (χ2n) is 7.23. The third-order valence-electron chi connectivity index (χ3n) is 3.62. The molecular formula is C19H28N2O7. The van der Waals surface area contributed by atoms with Gasteiger partial charge in [-0.3, -0.25) is 4.79 Å². The number of esters is 1. The van der Waals surface area contributed by atoms with Crippen molar-refractivity contribution in [2.75, 3.05) is 20.3 Å². The zero-order chi connectivity index (χ0) is 21.3. The van der Waals surface area contributed by atoms with Crippen LogP contribution < -0.4 is 20.5 Å². The first-order valence-corrected chi connectivity index (χ1v) is 8.78. The fraction of sp³-hybridized carbons (Fsp3) is 0.526. The first-order valence-electron chi connectivity index (χ1n) is 8.78. The highest BCUT2D eigenvalue weighted by Crippen LogP contribution is 2.28. The quantitative estimate of drug-likeness (QED) is 0.391. The predicted molar refractivity (Wildman–Crippen MR) is 101 cm³/mol. The molecule has 4 N–H and O–H groups in total. The van der Waals surface area contributed by atoms with E-state index >= 15 is 0 Å². The Hall–Kier alpha value is -2.81. The molecule has 0 spiro atoms. The van der Waals surface area contributed by atoms with Gasteiger partial charge in [-0.15, -0.1) is 0 Å². The summed E-state index contributed by atoms with van der Waals surface area (Å²) in [5, 5.41) is 11.9. The van der Waals surface area contributed by atoms with Crippen LogP contribution in [-0.2, 0) is 25.5 Å². The molecule has 1 aromatic carbocycles. The summed E-state index contributed by atoms with van der Waals surface area (Å²) in [4.78, 5) is 33.1. The molecule has 0 aromatic heterocycles. The minimum atomic E-state index is -1.67. The second kappa shape index (κ2) is 10.5. The number of nitrogens with two attached hydrogens (primary N) is 1. The lowest BCUT2D eigenvalue weighted by molar-refractivity contribution is -0.168. The van der Waals surface area contributed by atoms with E-state index in [1.54, 1.807) is 18.2 Å². The Balaban J connectivity index is 2.81. The molecular weight excluding hydrogens is 368 g/mol. The van der Waals surface area contributed by atoms with Gasteiger partial charge in [0, 0.05) is 18.5 Å². The van der Waals surface area contributed by atoms with Crippen molar-refractivity contribution in [2.45, 2.75) is 45.3 Å². The molecule has 9 heteroatoms. The first kappa shape index (κ1) is 23.2. The monoisotopic (exact) mass is 396 g/mol. The summed E-state index contributed by atoms with van der Waals surface area (Å²) in [5.74, 6) is -2.57. The number of ether oxygens (including phenoxy) is 3. The highest BCUT2D eigenvalue weighted by atomic mass is 16.6. The number of hydrogen-bond donors (Lipinski definition) is 3. The maximum absolute atomic E-state index is 11.4. The predicted octanol–water partition coefficient (Wildman–Crippen LogP) is 0.876. The number of primary amides is 1. The Bertz CT molecular complexity index is 698. The van der Waals surface area contributed by atoms with E-state index in [1.807, 2.05) is 20.8 Å². The number of aryl methyl sites for hydroxylation is 1. The van der Waals surface area contributed by atoms with Gasteiger partial charge in [0.25, 0.3) is 0 Å². The molecule has 1 aromatic rings. The SMILES string of the molecule is COc1cc(CCC(N)=O)ccc1OCC(CNC(C)(C)C)OC(=O)C(=O)O. The van der Waals surface area contributed by atoms with Crippen LogP contribution in [0.15, 0.2) is 18.2 Å². The fourth-order valence-corrected chi connectivity index (χ4v) is 2.19. The first-order chi connectivity index (χ1) is 13.0. The summed E-state index contributed by atoms with van der Waals surface area (Å²) in [6.07, 6.45) is -0.128. The number of carbonyl (C=O) groups excluding carboxylic acids is 2. The summed E-state index contributed by atoms with van der Waals surface area (Å²) < 4.78 is 16.0. The average molecular weight is 396 g/mol. The number of nitrogens with one attached hydrogen (secondary N) is 1. The van der Waals surface area contributed by atoms with Crippen LogP contribution in [0.2, 0.25) is 0 Å². The number of carboxylic acids is 1. The zero-order valence-corrected chi connectivity index (χ0v) is 16.6. The van der Waals surface area contributed by atoms with Crippen molar-refractivity contribution in [3.63, 3.8) is 0 Å². The standard InChI is InChI=1S/C19H28N2O7/c1-19(2,3)21-10-13(28-18(25)17(23)24)11-27-14-7-5-12(6-8-16(20)22)9-15(14)26-4/h5,7,9,13,21H,6,8,10-11H2,1-4H3,(H2,20,22)(H,23,24). The molecule has 1 atom stereocenters. The molecule has 28 heavy (non-hydrogen) atoms. The summed E-state index contributed by atoms with van der Waals surface area (Å²) >= 11 is 0. The number of amides is 1. The van der Waals surface area contributed by atoms with Crippen LogP contribution >= 0.6 is 0 Å². The summed E-state index contributed by atoms with van der Waals surface area (Å²) in [5.41, 5.74) is 5.75. The van der Waals surface area contributed by atoms with Crippen molar-refractivity contribution >= 4 is 17.8 Å². The molecule has 0 aliphatic heterocycles. The molecule has 1 rings (SSSR count). The molecule has 0 saturated heterocycles. The van der Waals surface area contributed by atoms with Gasteiger partial charge in [-0.2, -0.15) is 0 Å². The average Bonchev–Trinajstić information content (AvgIpc) is 2.61. The Morgan fingerprint density at radius 1 is 1.21 bits per heavy atom. The second-order valence-corrected chi connectivity index (χ2v) is 7.23. The van der Waals surface area contributed by atoms with E-state index in [0.29, 0.717) is 17.9 Å². The molecule has 0 bridgehead atoms. The smallest absolute Gasteiger partial charge is 0.417 e. The third-order valence-corrected chi connectivity index (χ3v) is 3.62. The number of rotatable bonds is 10. The topological polar surface area (TPSA) is 137 Å². The van der Waals surface area contributed by atoms with E-state index in [9.17, 15) is 14.4 Å². The number of aliphatic carboxylic acids is 1. The van der Waals surface area contributed by atoms with Gasteiger partial charge >= 0.3 is 11.9 Å². The van der Waals surface area contributed by atoms with Gasteiger partial charge in [0.2, 0.25) is 5.91 Å². The van der Waals surface area contributed by atoms with Gasteiger partial charge in [0.15, 0.2) is 11.5 Å². The van der Waals surface area contributed by atoms with Crippen molar-refractivity contribution in [3.05, 3.63) is 23.8 Å².